The van der Waals surface area contributed by atoms with Crippen LogP contribution in [-0.2, 0) is 17.8 Å². The standard InChI is InChI=1S/C19H26N4O3/c1-13(24)22-6-3-19(4-7-22)9-16(10-19)23-5-2-17-15(12-23)8-14(11-20-17)18(25)21-26/h8,11,16,26H,2-7,9-10,12H2,1H3,(H,21,25). The first-order valence-electron chi connectivity index (χ1n) is 9.41. The van der Waals surface area contributed by atoms with E-state index in [1.807, 2.05) is 11.0 Å². The number of carbonyl (C=O) groups is 2. The van der Waals surface area contributed by atoms with Gasteiger partial charge in [-0.25, -0.2) is 5.48 Å². The Morgan fingerprint density at radius 2 is 2.00 bits per heavy atom. The van der Waals surface area contributed by atoms with Gasteiger partial charge in [0.2, 0.25) is 5.91 Å². The fraction of sp³-hybridized carbons (Fsp3) is 0.632. The van der Waals surface area contributed by atoms with Gasteiger partial charge in [-0.2, -0.15) is 0 Å². The van der Waals surface area contributed by atoms with Crippen molar-refractivity contribution < 1.29 is 14.8 Å². The molecule has 26 heavy (non-hydrogen) atoms. The summed E-state index contributed by atoms with van der Waals surface area (Å²) >= 11 is 0. The van der Waals surface area contributed by atoms with Crippen LogP contribution < -0.4 is 5.48 Å². The maximum Gasteiger partial charge on any atom is 0.276 e. The third-order valence-corrected chi connectivity index (χ3v) is 6.56. The van der Waals surface area contributed by atoms with E-state index < -0.39 is 5.91 Å². The molecule has 2 fully saturated rings. The molecule has 2 aliphatic heterocycles. The van der Waals surface area contributed by atoms with Gasteiger partial charge in [0.15, 0.2) is 0 Å². The van der Waals surface area contributed by atoms with Crippen LogP contribution in [0.4, 0.5) is 0 Å². The SMILES string of the molecule is CC(=O)N1CCC2(CC1)CC(N1CCc3ncc(C(=O)NO)cc3C1)C2. The van der Waals surface area contributed by atoms with E-state index in [-0.39, 0.29) is 5.91 Å². The van der Waals surface area contributed by atoms with Crippen molar-refractivity contribution >= 4 is 11.8 Å². The van der Waals surface area contributed by atoms with Gasteiger partial charge in [0.1, 0.15) is 0 Å². The van der Waals surface area contributed by atoms with E-state index in [2.05, 4.69) is 9.88 Å². The van der Waals surface area contributed by atoms with Crippen LogP contribution in [0.15, 0.2) is 12.3 Å². The van der Waals surface area contributed by atoms with E-state index in [4.69, 9.17) is 5.21 Å². The minimum atomic E-state index is -0.516. The quantitative estimate of drug-likeness (QED) is 0.616. The molecule has 2 N–H and O–H groups in total. The van der Waals surface area contributed by atoms with Crippen LogP contribution >= 0.6 is 0 Å². The Bertz CT molecular complexity index is 719. The van der Waals surface area contributed by atoms with E-state index in [1.54, 1.807) is 12.4 Å². The molecular weight excluding hydrogens is 332 g/mol. The lowest BCUT2D eigenvalue weighted by Crippen LogP contribution is -2.56. The lowest BCUT2D eigenvalue weighted by Gasteiger charge is -2.55. The van der Waals surface area contributed by atoms with Crippen LogP contribution in [0.1, 0.15) is 54.2 Å². The third kappa shape index (κ3) is 3.10. The highest BCUT2D eigenvalue weighted by Gasteiger charge is 2.48. The largest absolute Gasteiger partial charge is 0.343 e. The molecule has 1 aliphatic carbocycles. The van der Waals surface area contributed by atoms with Crippen LogP contribution in [0.25, 0.3) is 0 Å². The first kappa shape index (κ1) is 17.4. The molecular formula is C19H26N4O3. The minimum absolute atomic E-state index is 0.193. The summed E-state index contributed by atoms with van der Waals surface area (Å²) in [6.07, 6.45) is 7.08. The zero-order valence-electron chi connectivity index (χ0n) is 15.2. The smallest absolute Gasteiger partial charge is 0.276 e. The van der Waals surface area contributed by atoms with Crippen molar-refractivity contribution in [1.29, 1.82) is 0 Å². The molecule has 1 saturated carbocycles. The molecule has 7 heteroatoms. The Morgan fingerprint density at radius 1 is 1.27 bits per heavy atom. The van der Waals surface area contributed by atoms with Crippen LogP contribution in [0.2, 0.25) is 0 Å². The molecule has 0 unspecified atom stereocenters. The van der Waals surface area contributed by atoms with Gasteiger partial charge in [0, 0.05) is 57.5 Å². The van der Waals surface area contributed by atoms with E-state index in [0.29, 0.717) is 17.0 Å². The van der Waals surface area contributed by atoms with Gasteiger partial charge in [-0.3, -0.25) is 24.7 Å². The number of nitrogens with zero attached hydrogens (tertiary/aromatic N) is 3. The summed E-state index contributed by atoms with van der Waals surface area (Å²) in [6.45, 7) is 5.27. The zero-order chi connectivity index (χ0) is 18.3. The number of likely N-dealkylation sites (tertiary alicyclic amines) is 1. The number of piperidine rings is 1. The summed E-state index contributed by atoms with van der Waals surface area (Å²) in [5, 5.41) is 8.81. The predicted molar refractivity (Wildman–Crippen MR) is 94.5 cm³/mol. The van der Waals surface area contributed by atoms with Crippen molar-refractivity contribution in [2.75, 3.05) is 19.6 Å². The summed E-state index contributed by atoms with van der Waals surface area (Å²) in [5.74, 6) is -0.323. The molecule has 2 amide bonds. The van der Waals surface area contributed by atoms with Crippen molar-refractivity contribution in [2.45, 2.75) is 51.6 Å². The first-order chi connectivity index (χ1) is 12.5. The lowest BCUT2D eigenvalue weighted by molar-refractivity contribution is -0.133. The van der Waals surface area contributed by atoms with Crippen molar-refractivity contribution in [3.63, 3.8) is 0 Å². The highest BCUT2D eigenvalue weighted by atomic mass is 16.5. The molecule has 1 aromatic heterocycles. The molecule has 3 aliphatic rings. The number of hydrogen-bond donors (Lipinski definition) is 2. The number of pyridine rings is 1. The third-order valence-electron chi connectivity index (χ3n) is 6.56. The number of nitrogens with one attached hydrogen (secondary N) is 1. The fourth-order valence-electron chi connectivity index (χ4n) is 4.85. The zero-order valence-corrected chi connectivity index (χ0v) is 15.2. The predicted octanol–water partition coefficient (Wildman–Crippen LogP) is 1.35. The minimum Gasteiger partial charge on any atom is -0.343 e. The van der Waals surface area contributed by atoms with Crippen molar-refractivity contribution in [3.8, 4) is 0 Å². The van der Waals surface area contributed by atoms with Gasteiger partial charge in [-0.05, 0) is 42.7 Å². The molecule has 140 valence electrons. The summed E-state index contributed by atoms with van der Waals surface area (Å²) in [7, 11) is 0. The van der Waals surface area contributed by atoms with Crippen LogP contribution in [0, 0.1) is 5.41 Å². The molecule has 0 radical (unpaired) electrons. The number of rotatable bonds is 2. The number of carbonyl (C=O) groups excluding carboxylic acids is 2. The topological polar surface area (TPSA) is 85.8 Å². The van der Waals surface area contributed by atoms with Gasteiger partial charge >= 0.3 is 0 Å². The monoisotopic (exact) mass is 358 g/mol. The number of aromatic nitrogens is 1. The van der Waals surface area contributed by atoms with Crippen LogP contribution in [0.5, 0.6) is 0 Å². The second-order valence-electron chi connectivity index (χ2n) is 8.06. The van der Waals surface area contributed by atoms with Crippen molar-refractivity contribution in [3.05, 3.63) is 29.1 Å². The number of amides is 2. The molecule has 1 aromatic rings. The Morgan fingerprint density at radius 3 is 2.65 bits per heavy atom. The molecule has 3 heterocycles. The van der Waals surface area contributed by atoms with Gasteiger partial charge in [-0.15, -0.1) is 0 Å². The molecule has 1 spiro atoms. The first-order valence-corrected chi connectivity index (χ1v) is 9.41. The fourth-order valence-corrected chi connectivity index (χ4v) is 4.85. The summed E-state index contributed by atoms with van der Waals surface area (Å²) < 4.78 is 0. The highest BCUT2D eigenvalue weighted by molar-refractivity contribution is 5.93. The average molecular weight is 358 g/mol. The number of hydroxylamine groups is 1. The van der Waals surface area contributed by atoms with Gasteiger partial charge < -0.3 is 4.90 Å². The van der Waals surface area contributed by atoms with Crippen molar-refractivity contribution in [1.82, 2.24) is 20.3 Å². The van der Waals surface area contributed by atoms with Crippen molar-refractivity contribution in [2.24, 2.45) is 5.41 Å². The summed E-state index contributed by atoms with van der Waals surface area (Å²) in [4.78, 5) is 32.0. The maximum absolute atomic E-state index is 11.6. The molecule has 7 nitrogen and oxygen atoms in total. The lowest BCUT2D eigenvalue weighted by atomic mass is 9.60. The Balaban J connectivity index is 1.37. The second kappa shape index (κ2) is 6.63. The normalized spacial score (nSPS) is 22.6. The molecule has 0 bridgehead atoms. The maximum atomic E-state index is 11.6. The number of fused-ring (bicyclic) bond motifs is 1. The van der Waals surface area contributed by atoms with E-state index in [9.17, 15) is 9.59 Å². The van der Waals surface area contributed by atoms with Gasteiger partial charge in [0.05, 0.1) is 5.56 Å². The van der Waals surface area contributed by atoms with E-state index in [0.717, 1.165) is 56.7 Å². The van der Waals surface area contributed by atoms with E-state index >= 15 is 0 Å². The van der Waals surface area contributed by atoms with Crippen LogP contribution in [-0.4, -0.2) is 57.5 Å². The van der Waals surface area contributed by atoms with Gasteiger partial charge in [-0.1, -0.05) is 0 Å². The second-order valence-corrected chi connectivity index (χ2v) is 8.06. The Labute approximate surface area is 153 Å². The molecule has 4 rings (SSSR count). The molecule has 0 atom stereocenters. The van der Waals surface area contributed by atoms with Gasteiger partial charge in [0.25, 0.3) is 5.91 Å². The van der Waals surface area contributed by atoms with Crippen LogP contribution in [0.3, 0.4) is 0 Å². The summed E-state index contributed by atoms with van der Waals surface area (Å²) in [6, 6.07) is 2.43. The number of hydrogen-bond acceptors (Lipinski definition) is 5. The summed E-state index contributed by atoms with van der Waals surface area (Å²) in [5.41, 5.74) is 4.64. The average Bonchev–Trinajstić information content (AvgIpc) is 2.64. The molecule has 1 saturated heterocycles. The highest BCUT2D eigenvalue weighted by Crippen LogP contribution is 2.51. The van der Waals surface area contributed by atoms with E-state index in [1.165, 1.54) is 19.0 Å². The Kier molecular flexibility index (Phi) is 4.44. The molecule has 0 aromatic carbocycles. The Hall–Kier alpha value is -1.99.